The van der Waals surface area contributed by atoms with E-state index in [4.69, 9.17) is 18.9 Å². The molecule has 0 aromatic rings. The van der Waals surface area contributed by atoms with Gasteiger partial charge in [0.05, 0.1) is 26.4 Å². The summed E-state index contributed by atoms with van der Waals surface area (Å²) in [4.78, 5) is 22.9. The molecular weight excluding hydrogens is 376 g/mol. The second kappa shape index (κ2) is 17.8. The molecule has 0 radical (unpaired) electrons. The standard InChI is InChI=1S/C21H42N2O6/c1-18(2)19(24)16-29-17-20(25)22-8-6-10-26-12-14-28-15-13-27-11-7-9-23-21(3,4)5/h18,23H,6-17H2,1-5H3,(H,22,25). The van der Waals surface area contributed by atoms with Gasteiger partial charge in [-0.15, -0.1) is 0 Å². The molecule has 0 spiro atoms. The average Bonchev–Trinajstić information content (AvgIpc) is 2.63. The van der Waals surface area contributed by atoms with Gasteiger partial charge in [0, 0.05) is 31.2 Å². The van der Waals surface area contributed by atoms with Crippen LogP contribution in [0.1, 0.15) is 47.5 Å². The number of amides is 1. The van der Waals surface area contributed by atoms with E-state index >= 15 is 0 Å². The van der Waals surface area contributed by atoms with E-state index in [2.05, 4.69) is 31.4 Å². The molecule has 0 aliphatic rings. The summed E-state index contributed by atoms with van der Waals surface area (Å²) in [5, 5.41) is 6.14. The van der Waals surface area contributed by atoms with Crippen LogP contribution in [0.4, 0.5) is 0 Å². The zero-order valence-electron chi connectivity index (χ0n) is 19.0. The second-order valence-corrected chi connectivity index (χ2v) is 8.18. The number of rotatable bonds is 19. The van der Waals surface area contributed by atoms with Gasteiger partial charge in [-0.05, 0) is 40.2 Å². The van der Waals surface area contributed by atoms with Gasteiger partial charge in [-0.3, -0.25) is 9.59 Å². The van der Waals surface area contributed by atoms with Crippen LogP contribution in [0.3, 0.4) is 0 Å². The predicted molar refractivity (Wildman–Crippen MR) is 113 cm³/mol. The third kappa shape index (κ3) is 21.5. The SMILES string of the molecule is CC(C)C(=O)COCC(=O)NCCCOCCOCCOCCCNC(C)(C)C. The quantitative estimate of drug-likeness (QED) is 0.307. The van der Waals surface area contributed by atoms with Gasteiger partial charge in [0.2, 0.25) is 5.91 Å². The average molecular weight is 419 g/mol. The van der Waals surface area contributed by atoms with Gasteiger partial charge >= 0.3 is 0 Å². The summed E-state index contributed by atoms with van der Waals surface area (Å²) in [6.45, 7) is 14.9. The van der Waals surface area contributed by atoms with Crippen molar-refractivity contribution in [3.05, 3.63) is 0 Å². The van der Waals surface area contributed by atoms with Crippen molar-refractivity contribution in [2.45, 2.75) is 53.0 Å². The molecule has 0 unspecified atom stereocenters. The normalized spacial score (nSPS) is 11.8. The van der Waals surface area contributed by atoms with Gasteiger partial charge < -0.3 is 29.6 Å². The van der Waals surface area contributed by atoms with Crippen molar-refractivity contribution in [1.29, 1.82) is 0 Å². The van der Waals surface area contributed by atoms with Crippen molar-refractivity contribution in [3.63, 3.8) is 0 Å². The van der Waals surface area contributed by atoms with Gasteiger partial charge in [0.1, 0.15) is 13.2 Å². The number of ketones is 1. The van der Waals surface area contributed by atoms with E-state index in [1.165, 1.54) is 0 Å². The van der Waals surface area contributed by atoms with Crippen LogP contribution in [0.15, 0.2) is 0 Å². The smallest absolute Gasteiger partial charge is 0.246 e. The number of Topliss-reactive ketones (excluding diaryl/α,β-unsaturated/α-hetero) is 1. The Labute approximate surface area is 176 Å². The molecule has 8 nitrogen and oxygen atoms in total. The molecule has 0 saturated heterocycles. The van der Waals surface area contributed by atoms with Crippen LogP contribution in [0, 0.1) is 5.92 Å². The minimum Gasteiger partial charge on any atom is -0.379 e. The van der Waals surface area contributed by atoms with Crippen LogP contribution in [-0.4, -0.2) is 83.2 Å². The lowest BCUT2D eigenvalue weighted by Crippen LogP contribution is -2.36. The lowest BCUT2D eigenvalue weighted by Gasteiger charge is -2.20. The van der Waals surface area contributed by atoms with Crippen LogP contribution in [0.25, 0.3) is 0 Å². The molecule has 0 atom stereocenters. The summed E-state index contributed by atoms with van der Waals surface area (Å²) in [6, 6.07) is 0. The molecule has 1 amide bonds. The van der Waals surface area contributed by atoms with E-state index in [1.807, 2.05) is 0 Å². The number of ether oxygens (including phenoxy) is 4. The van der Waals surface area contributed by atoms with Gasteiger partial charge in [-0.2, -0.15) is 0 Å². The molecule has 0 aliphatic heterocycles. The Bertz CT molecular complexity index is 424. The van der Waals surface area contributed by atoms with Gasteiger partial charge in [-0.1, -0.05) is 13.8 Å². The lowest BCUT2D eigenvalue weighted by atomic mass is 10.1. The number of hydrogen-bond donors (Lipinski definition) is 2. The fourth-order valence-corrected chi connectivity index (χ4v) is 2.04. The first-order valence-corrected chi connectivity index (χ1v) is 10.6. The molecule has 0 saturated carbocycles. The number of carbonyl (C=O) groups is 2. The summed E-state index contributed by atoms with van der Waals surface area (Å²) in [7, 11) is 0. The molecule has 0 rings (SSSR count). The summed E-state index contributed by atoms with van der Waals surface area (Å²) < 4.78 is 21.5. The zero-order valence-corrected chi connectivity index (χ0v) is 19.0. The van der Waals surface area contributed by atoms with Gasteiger partial charge in [0.25, 0.3) is 0 Å². The van der Waals surface area contributed by atoms with Crippen molar-refractivity contribution in [2.75, 3.05) is 65.9 Å². The molecular formula is C21H42N2O6. The van der Waals surface area contributed by atoms with E-state index in [9.17, 15) is 9.59 Å². The number of carbonyl (C=O) groups excluding carboxylic acids is 2. The van der Waals surface area contributed by atoms with Crippen molar-refractivity contribution < 1.29 is 28.5 Å². The van der Waals surface area contributed by atoms with E-state index in [0.29, 0.717) is 46.0 Å². The van der Waals surface area contributed by atoms with E-state index in [0.717, 1.165) is 19.6 Å². The maximum Gasteiger partial charge on any atom is 0.246 e. The summed E-state index contributed by atoms with van der Waals surface area (Å²) in [5.41, 5.74) is 0.151. The molecule has 29 heavy (non-hydrogen) atoms. The van der Waals surface area contributed by atoms with Crippen LogP contribution in [0.5, 0.6) is 0 Å². The minimum absolute atomic E-state index is 0.00613. The number of nitrogens with one attached hydrogen (secondary N) is 2. The van der Waals surface area contributed by atoms with Crippen LogP contribution < -0.4 is 10.6 Å². The molecule has 8 heteroatoms. The first-order valence-electron chi connectivity index (χ1n) is 10.6. The molecule has 0 aromatic heterocycles. The molecule has 172 valence electrons. The lowest BCUT2D eigenvalue weighted by molar-refractivity contribution is -0.131. The predicted octanol–water partition coefficient (Wildman–Crippen LogP) is 1.56. The Hall–Kier alpha value is -1.06. The summed E-state index contributed by atoms with van der Waals surface area (Å²) >= 11 is 0. The fourth-order valence-electron chi connectivity index (χ4n) is 2.04. The maximum atomic E-state index is 11.5. The third-order valence-corrected chi connectivity index (χ3v) is 3.77. The van der Waals surface area contributed by atoms with Crippen LogP contribution >= 0.6 is 0 Å². The topological polar surface area (TPSA) is 95.1 Å². The second-order valence-electron chi connectivity index (χ2n) is 8.18. The van der Waals surface area contributed by atoms with E-state index < -0.39 is 0 Å². The van der Waals surface area contributed by atoms with Crippen molar-refractivity contribution in [1.82, 2.24) is 10.6 Å². The first-order chi connectivity index (χ1) is 13.7. The van der Waals surface area contributed by atoms with Crippen LogP contribution in [0.2, 0.25) is 0 Å². The highest BCUT2D eigenvalue weighted by atomic mass is 16.5. The Balaban J connectivity index is 3.24. The monoisotopic (exact) mass is 418 g/mol. The van der Waals surface area contributed by atoms with Gasteiger partial charge in [0.15, 0.2) is 5.78 Å². The molecule has 0 aromatic carbocycles. The Kier molecular flexibility index (Phi) is 17.1. The summed E-state index contributed by atoms with van der Waals surface area (Å²) in [6.07, 6.45) is 1.70. The van der Waals surface area contributed by atoms with Crippen molar-refractivity contribution >= 4 is 11.7 Å². The molecule has 0 bridgehead atoms. The Morgan fingerprint density at radius 1 is 0.759 bits per heavy atom. The van der Waals surface area contributed by atoms with Gasteiger partial charge in [-0.25, -0.2) is 0 Å². The molecule has 0 aliphatic carbocycles. The molecule has 0 fully saturated rings. The van der Waals surface area contributed by atoms with Crippen LogP contribution in [-0.2, 0) is 28.5 Å². The number of hydrogen-bond acceptors (Lipinski definition) is 7. The van der Waals surface area contributed by atoms with E-state index in [1.54, 1.807) is 13.8 Å². The largest absolute Gasteiger partial charge is 0.379 e. The highest BCUT2D eigenvalue weighted by Gasteiger charge is 2.08. The highest BCUT2D eigenvalue weighted by molar-refractivity contribution is 5.82. The fraction of sp³-hybridized carbons (Fsp3) is 0.905. The van der Waals surface area contributed by atoms with E-state index in [-0.39, 0.29) is 36.4 Å². The Morgan fingerprint density at radius 3 is 1.79 bits per heavy atom. The third-order valence-electron chi connectivity index (χ3n) is 3.77. The van der Waals surface area contributed by atoms with Crippen molar-refractivity contribution in [2.24, 2.45) is 5.92 Å². The Morgan fingerprint density at radius 2 is 1.28 bits per heavy atom. The molecule has 2 N–H and O–H groups in total. The zero-order chi connectivity index (χ0) is 22.0. The van der Waals surface area contributed by atoms with Crippen molar-refractivity contribution in [3.8, 4) is 0 Å². The summed E-state index contributed by atoms with van der Waals surface area (Å²) in [5.74, 6) is -0.305. The molecule has 0 heterocycles. The maximum absolute atomic E-state index is 11.5. The highest BCUT2D eigenvalue weighted by Crippen LogP contribution is 1.98. The first kappa shape index (κ1) is 27.9. The minimum atomic E-state index is -0.223.